The highest BCUT2D eigenvalue weighted by Gasteiger charge is 2.20. The first-order valence-corrected chi connectivity index (χ1v) is 7.39. The third-order valence-corrected chi connectivity index (χ3v) is 3.83. The number of fused-ring (bicyclic) bond motifs is 1. The summed E-state index contributed by atoms with van der Waals surface area (Å²) in [6.07, 6.45) is 1.71. The lowest BCUT2D eigenvalue weighted by molar-refractivity contribution is 0.0912. The Morgan fingerprint density at radius 2 is 2.13 bits per heavy atom. The second kappa shape index (κ2) is 6.12. The molecule has 2 heterocycles. The van der Waals surface area contributed by atoms with Crippen molar-refractivity contribution in [2.24, 2.45) is 0 Å². The van der Waals surface area contributed by atoms with E-state index in [9.17, 15) is 4.79 Å². The monoisotopic (exact) mass is 310 g/mol. The van der Waals surface area contributed by atoms with Gasteiger partial charge in [0.2, 0.25) is 0 Å². The molecule has 1 atom stereocenters. The second-order valence-electron chi connectivity index (χ2n) is 5.37. The molecular weight excluding hydrogens is 292 g/mol. The lowest BCUT2D eigenvalue weighted by atomic mass is 10.1. The van der Waals surface area contributed by atoms with Gasteiger partial charge < -0.3 is 14.5 Å². The van der Waals surface area contributed by atoms with Gasteiger partial charge in [0.15, 0.2) is 5.76 Å². The first kappa shape index (κ1) is 15.1. The Kier molecular flexibility index (Phi) is 4.02. The van der Waals surface area contributed by atoms with Gasteiger partial charge in [-0.3, -0.25) is 9.78 Å². The second-order valence-corrected chi connectivity index (χ2v) is 5.37. The number of aromatic nitrogens is 1. The van der Waals surface area contributed by atoms with Crippen molar-refractivity contribution in [3.8, 4) is 5.75 Å². The highest BCUT2D eigenvalue weighted by molar-refractivity contribution is 5.99. The topological polar surface area (TPSA) is 64.4 Å². The molecule has 0 aliphatic heterocycles. The Hall–Kier alpha value is -2.82. The fourth-order valence-corrected chi connectivity index (χ4v) is 2.51. The minimum Gasteiger partial charge on any atom is -0.497 e. The molecular formula is C18H18N2O3. The first-order valence-electron chi connectivity index (χ1n) is 7.39. The van der Waals surface area contributed by atoms with Crippen LogP contribution >= 0.6 is 0 Å². The lowest BCUT2D eigenvalue weighted by Crippen LogP contribution is -2.27. The number of amides is 1. The molecule has 1 amide bonds. The molecule has 3 rings (SSSR count). The van der Waals surface area contributed by atoms with E-state index in [1.54, 1.807) is 19.4 Å². The third-order valence-electron chi connectivity index (χ3n) is 3.83. The van der Waals surface area contributed by atoms with Crippen LogP contribution in [-0.2, 0) is 0 Å². The van der Waals surface area contributed by atoms with Crippen LogP contribution in [0.3, 0.4) is 0 Å². The van der Waals surface area contributed by atoms with Crippen molar-refractivity contribution < 1.29 is 13.9 Å². The molecule has 0 bridgehead atoms. The van der Waals surface area contributed by atoms with E-state index in [2.05, 4.69) is 10.3 Å². The van der Waals surface area contributed by atoms with E-state index in [1.165, 1.54) is 0 Å². The number of furan rings is 1. The number of hydrogen-bond acceptors (Lipinski definition) is 4. The summed E-state index contributed by atoms with van der Waals surface area (Å²) in [4.78, 5) is 16.8. The number of nitrogens with zero attached hydrogens (tertiary/aromatic N) is 1. The maximum absolute atomic E-state index is 12.5. The fraction of sp³-hybridized carbons (Fsp3) is 0.222. The summed E-state index contributed by atoms with van der Waals surface area (Å²) in [6.45, 7) is 3.76. The Labute approximate surface area is 134 Å². The van der Waals surface area contributed by atoms with Crippen LogP contribution in [0.2, 0.25) is 0 Å². The van der Waals surface area contributed by atoms with E-state index in [0.29, 0.717) is 11.3 Å². The standard InChI is InChI=1S/C18H18N2O3/c1-11-14-10-13(22-3)7-8-16(14)23-17(11)18(21)20-12(2)15-6-4-5-9-19-15/h4-10,12H,1-3H3,(H,20,21)/t12-/m0/s1. The summed E-state index contributed by atoms with van der Waals surface area (Å²) in [5.74, 6) is 0.794. The number of carbonyl (C=O) groups is 1. The molecule has 3 aromatic rings. The van der Waals surface area contributed by atoms with Crippen LogP contribution in [0.5, 0.6) is 5.75 Å². The molecule has 118 valence electrons. The summed E-state index contributed by atoms with van der Waals surface area (Å²) in [6, 6.07) is 10.9. The molecule has 23 heavy (non-hydrogen) atoms. The van der Waals surface area contributed by atoms with Crippen molar-refractivity contribution >= 4 is 16.9 Å². The molecule has 0 spiro atoms. The number of hydrogen-bond donors (Lipinski definition) is 1. The summed E-state index contributed by atoms with van der Waals surface area (Å²) >= 11 is 0. The van der Waals surface area contributed by atoms with Gasteiger partial charge in [0.25, 0.3) is 5.91 Å². The SMILES string of the molecule is COc1ccc2oc(C(=O)N[C@@H](C)c3ccccn3)c(C)c2c1. The Balaban J connectivity index is 1.88. The van der Waals surface area contributed by atoms with E-state index in [4.69, 9.17) is 9.15 Å². The predicted molar refractivity (Wildman–Crippen MR) is 87.6 cm³/mol. The van der Waals surface area contributed by atoms with E-state index in [1.807, 2.05) is 44.2 Å². The molecule has 0 saturated heterocycles. The maximum Gasteiger partial charge on any atom is 0.287 e. The summed E-state index contributed by atoms with van der Waals surface area (Å²) in [7, 11) is 1.61. The van der Waals surface area contributed by atoms with Gasteiger partial charge >= 0.3 is 0 Å². The average molecular weight is 310 g/mol. The van der Waals surface area contributed by atoms with Crippen LogP contribution in [0.4, 0.5) is 0 Å². The third kappa shape index (κ3) is 2.90. The van der Waals surface area contributed by atoms with Gasteiger partial charge in [0, 0.05) is 17.1 Å². The average Bonchev–Trinajstić information content (AvgIpc) is 2.92. The fourth-order valence-electron chi connectivity index (χ4n) is 2.51. The smallest absolute Gasteiger partial charge is 0.287 e. The van der Waals surface area contributed by atoms with Crippen LogP contribution in [0.15, 0.2) is 47.0 Å². The summed E-state index contributed by atoms with van der Waals surface area (Å²) in [5, 5.41) is 3.79. The van der Waals surface area contributed by atoms with E-state index in [0.717, 1.165) is 22.4 Å². The van der Waals surface area contributed by atoms with Crippen LogP contribution in [0.1, 0.15) is 34.8 Å². The number of aryl methyl sites for hydroxylation is 1. The molecule has 1 N–H and O–H groups in total. The van der Waals surface area contributed by atoms with Crippen LogP contribution in [0, 0.1) is 6.92 Å². The number of rotatable bonds is 4. The van der Waals surface area contributed by atoms with Gasteiger partial charge in [-0.2, -0.15) is 0 Å². The molecule has 0 saturated carbocycles. The normalized spacial score (nSPS) is 12.1. The molecule has 0 radical (unpaired) electrons. The van der Waals surface area contributed by atoms with E-state index >= 15 is 0 Å². The molecule has 0 unspecified atom stereocenters. The largest absolute Gasteiger partial charge is 0.497 e. The van der Waals surface area contributed by atoms with Gasteiger partial charge in [-0.15, -0.1) is 0 Å². The first-order chi connectivity index (χ1) is 11.1. The van der Waals surface area contributed by atoms with Crippen LogP contribution in [0.25, 0.3) is 11.0 Å². The van der Waals surface area contributed by atoms with Crippen molar-refractivity contribution in [2.45, 2.75) is 19.9 Å². The molecule has 5 nitrogen and oxygen atoms in total. The number of ether oxygens (including phenoxy) is 1. The minimum absolute atomic E-state index is 0.203. The number of pyridine rings is 1. The van der Waals surface area contributed by atoms with Crippen molar-refractivity contribution in [1.29, 1.82) is 0 Å². The van der Waals surface area contributed by atoms with E-state index in [-0.39, 0.29) is 11.9 Å². The molecule has 0 aliphatic carbocycles. The molecule has 5 heteroatoms. The molecule has 2 aromatic heterocycles. The van der Waals surface area contributed by atoms with Gasteiger partial charge in [-0.25, -0.2) is 0 Å². The maximum atomic E-state index is 12.5. The summed E-state index contributed by atoms with van der Waals surface area (Å²) < 4.78 is 10.9. The van der Waals surface area contributed by atoms with E-state index < -0.39 is 0 Å². The van der Waals surface area contributed by atoms with Crippen LogP contribution < -0.4 is 10.1 Å². The van der Waals surface area contributed by atoms with Gasteiger partial charge in [-0.1, -0.05) is 6.07 Å². The van der Waals surface area contributed by atoms with Crippen molar-refractivity contribution in [3.63, 3.8) is 0 Å². The minimum atomic E-state index is -0.254. The van der Waals surface area contributed by atoms with Crippen molar-refractivity contribution in [2.75, 3.05) is 7.11 Å². The van der Waals surface area contributed by atoms with Crippen molar-refractivity contribution in [1.82, 2.24) is 10.3 Å². The number of benzene rings is 1. The quantitative estimate of drug-likeness (QED) is 0.799. The molecule has 1 aromatic carbocycles. The molecule has 0 aliphatic rings. The Morgan fingerprint density at radius 3 is 2.83 bits per heavy atom. The molecule has 0 fully saturated rings. The van der Waals surface area contributed by atoms with Gasteiger partial charge in [0.1, 0.15) is 11.3 Å². The van der Waals surface area contributed by atoms with Gasteiger partial charge in [0.05, 0.1) is 18.8 Å². The Morgan fingerprint density at radius 1 is 1.30 bits per heavy atom. The van der Waals surface area contributed by atoms with Gasteiger partial charge in [-0.05, 0) is 44.2 Å². The lowest BCUT2D eigenvalue weighted by Gasteiger charge is -2.12. The zero-order chi connectivity index (χ0) is 16.4. The zero-order valence-corrected chi connectivity index (χ0v) is 13.3. The Bertz CT molecular complexity index is 840. The summed E-state index contributed by atoms with van der Waals surface area (Å²) in [5.41, 5.74) is 2.26. The number of carbonyl (C=O) groups excluding carboxylic acids is 1. The number of nitrogens with one attached hydrogen (secondary N) is 1. The highest BCUT2D eigenvalue weighted by Crippen LogP contribution is 2.29. The predicted octanol–water partition coefficient (Wildman–Crippen LogP) is 3.64. The zero-order valence-electron chi connectivity index (χ0n) is 13.3. The highest BCUT2D eigenvalue weighted by atomic mass is 16.5. The van der Waals surface area contributed by atoms with Crippen LogP contribution in [-0.4, -0.2) is 18.0 Å². The number of methoxy groups -OCH3 is 1. The van der Waals surface area contributed by atoms with Crippen molar-refractivity contribution in [3.05, 3.63) is 59.6 Å².